The number of fused-ring (bicyclic) bond motifs is 6. The van der Waals surface area contributed by atoms with Gasteiger partial charge in [0.05, 0.1) is 22.2 Å². The number of benzene rings is 8. The summed E-state index contributed by atoms with van der Waals surface area (Å²) in [6.07, 6.45) is 0. The van der Waals surface area contributed by atoms with Gasteiger partial charge in [-0.3, -0.25) is 0 Å². The largest absolute Gasteiger partial charge is 0.309 e. The zero-order valence-corrected chi connectivity index (χ0v) is 30.1. The first-order chi connectivity index (χ1) is 26.1. The van der Waals surface area contributed by atoms with Gasteiger partial charge in [0.1, 0.15) is 23.5 Å². The van der Waals surface area contributed by atoms with Crippen LogP contribution in [-0.2, 0) is 0 Å². The maximum Gasteiger partial charge on any atom is 0.141 e. The third-order valence-electron chi connectivity index (χ3n) is 11.3. The zero-order chi connectivity index (χ0) is 35.6. The van der Waals surface area contributed by atoms with Crippen molar-refractivity contribution in [3.63, 3.8) is 0 Å². The normalized spacial score (nSPS) is 11.6. The van der Waals surface area contributed by atoms with Crippen LogP contribution in [0.25, 0.3) is 88.4 Å². The molecule has 0 aliphatic carbocycles. The fourth-order valence-corrected chi connectivity index (χ4v) is 8.90. The van der Waals surface area contributed by atoms with Gasteiger partial charge in [-0.2, -0.15) is 0 Å². The predicted octanol–water partition coefficient (Wildman–Crippen LogP) is 7.66. The molecule has 0 aliphatic heterocycles. The SMILES string of the molecule is Bc1c(-c2ccc3c(c2)c2c(-c4ccccc4)cccc2n3-c2ccccc2)c(B)c2c3ccccc3n(-c3ccccc3-c3ccccc3)c2c1B. The Morgan fingerprint density at radius 1 is 0.358 bits per heavy atom. The van der Waals surface area contributed by atoms with E-state index in [9.17, 15) is 0 Å². The lowest BCUT2D eigenvalue weighted by Gasteiger charge is -2.20. The summed E-state index contributed by atoms with van der Waals surface area (Å²) in [7, 11) is 6.96. The minimum Gasteiger partial charge on any atom is -0.309 e. The van der Waals surface area contributed by atoms with Gasteiger partial charge in [0.25, 0.3) is 0 Å². The molecule has 0 saturated carbocycles. The molecule has 2 nitrogen and oxygen atoms in total. The highest BCUT2D eigenvalue weighted by Gasteiger charge is 2.23. The molecule has 8 aromatic carbocycles. The van der Waals surface area contributed by atoms with Crippen LogP contribution in [-0.4, -0.2) is 32.7 Å². The average molecular weight is 672 g/mol. The minimum absolute atomic E-state index is 1.17. The molecule has 2 heterocycles. The van der Waals surface area contributed by atoms with E-state index in [1.165, 1.54) is 105 Å². The molecular weight excluding hydrogens is 637 g/mol. The Balaban J connectivity index is 1.28. The Labute approximate surface area is 312 Å². The third-order valence-corrected chi connectivity index (χ3v) is 11.3. The van der Waals surface area contributed by atoms with E-state index < -0.39 is 0 Å². The molecule has 0 fully saturated rings. The highest BCUT2D eigenvalue weighted by Crippen LogP contribution is 2.41. The molecule has 0 radical (unpaired) electrons. The summed E-state index contributed by atoms with van der Waals surface area (Å²) in [4.78, 5) is 0. The molecule has 0 N–H and O–H groups in total. The van der Waals surface area contributed by atoms with Crippen LogP contribution < -0.4 is 16.4 Å². The summed E-state index contributed by atoms with van der Waals surface area (Å²) < 4.78 is 4.93. The number of hydrogen-bond acceptors (Lipinski definition) is 0. The Morgan fingerprint density at radius 2 is 0.943 bits per heavy atom. The van der Waals surface area contributed by atoms with Crippen molar-refractivity contribution in [3.8, 4) is 44.8 Å². The van der Waals surface area contributed by atoms with E-state index in [2.05, 4.69) is 209 Å². The predicted molar refractivity (Wildman–Crippen MR) is 236 cm³/mol. The summed E-state index contributed by atoms with van der Waals surface area (Å²) in [6.45, 7) is 0. The van der Waals surface area contributed by atoms with E-state index in [1.54, 1.807) is 0 Å². The number of hydrogen-bond donors (Lipinski definition) is 0. The molecule has 0 bridgehead atoms. The zero-order valence-electron chi connectivity index (χ0n) is 30.1. The van der Waals surface area contributed by atoms with Gasteiger partial charge in [0.15, 0.2) is 0 Å². The van der Waals surface area contributed by atoms with Gasteiger partial charge in [-0.25, -0.2) is 0 Å². The van der Waals surface area contributed by atoms with Gasteiger partial charge in [0, 0.05) is 38.3 Å². The Kier molecular flexibility index (Phi) is 7.30. The van der Waals surface area contributed by atoms with Crippen LogP contribution in [0.4, 0.5) is 0 Å². The summed E-state index contributed by atoms with van der Waals surface area (Å²) in [5.41, 5.74) is 18.7. The van der Waals surface area contributed by atoms with Gasteiger partial charge in [-0.05, 0) is 70.3 Å². The number of para-hydroxylation sites is 3. The first-order valence-corrected chi connectivity index (χ1v) is 18.5. The number of aromatic nitrogens is 2. The van der Waals surface area contributed by atoms with Crippen molar-refractivity contribution >= 4 is 83.5 Å². The molecule has 2 aromatic heterocycles. The molecule has 0 saturated heterocycles. The number of nitrogens with zero attached hydrogens (tertiary/aromatic N) is 2. The molecule has 53 heavy (non-hydrogen) atoms. The molecule has 246 valence electrons. The maximum atomic E-state index is 2.51. The van der Waals surface area contributed by atoms with E-state index in [0.717, 1.165) is 0 Å². The van der Waals surface area contributed by atoms with Crippen molar-refractivity contribution < 1.29 is 0 Å². The monoisotopic (exact) mass is 672 g/mol. The first kappa shape index (κ1) is 31.3. The van der Waals surface area contributed by atoms with Crippen LogP contribution in [0.15, 0.2) is 176 Å². The first-order valence-electron chi connectivity index (χ1n) is 18.5. The summed E-state index contributed by atoms with van der Waals surface area (Å²) in [5.74, 6) is 0. The van der Waals surface area contributed by atoms with Crippen molar-refractivity contribution in [2.45, 2.75) is 0 Å². The molecule has 0 spiro atoms. The summed E-state index contributed by atoms with van der Waals surface area (Å²) >= 11 is 0. The van der Waals surface area contributed by atoms with Crippen molar-refractivity contribution in [3.05, 3.63) is 176 Å². The summed E-state index contributed by atoms with van der Waals surface area (Å²) in [6, 6.07) is 64.0. The van der Waals surface area contributed by atoms with E-state index >= 15 is 0 Å². The second-order valence-electron chi connectivity index (χ2n) is 14.2. The van der Waals surface area contributed by atoms with Crippen LogP contribution in [0.1, 0.15) is 0 Å². The lowest BCUT2D eigenvalue weighted by atomic mass is 9.69. The van der Waals surface area contributed by atoms with Crippen molar-refractivity contribution in [1.29, 1.82) is 0 Å². The smallest absolute Gasteiger partial charge is 0.141 e. The Hall–Kier alpha value is -6.45. The molecule has 0 aliphatic rings. The molecule has 5 heteroatoms. The van der Waals surface area contributed by atoms with E-state index in [0.29, 0.717) is 0 Å². The standard InChI is InChI=1S/C48H35B3N2/c49-45-42(32-27-28-40-37(29-32)43-35(31-17-6-2-7-18-31)23-14-26-41(43)52(40)33-19-8-3-9-20-33)46(50)47(51)48-44(45)36-22-11-13-25-39(36)53(48)38-24-12-10-21-34(38)30-15-4-1-5-16-30/h1-29H,49-51H2. The minimum atomic E-state index is 1.17. The molecule has 0 amide bonds. The van der Waals surface area contributed by atoms with Gasteiger partial charge in [-0.1, -0.05) is 150 Å². The topological polar surface area (TPSA) is 9.86 Å². The Bertz CT molecular complexity index is 3020. The fraction of sp³-hybridized carbons (Fsp3) is 0. The van der Waals surface area contributed by atoms with Crippen LogP contribution in [0.5, 0.6) is 0 Å². The Morgan fingerprint density at radius 3 is 1.70 bits per heavy atom. The van der Waals surface area contributed by atoms with E-state index in [4.69, 9.17) is 0 Å². The highest BCUT2D eigenvalue weighted by atomic mass is 15.0. The molecule has 0 atom stereocenters. The van der Waals surface area contributed by atoms with Gasteiger partial charge < -0.3 is 9.13 Å². The fourth-order valence-electron chi connectivity index (χ4n) is 8.90. The van der Waals surface area contributed by atoms with Crippen molar-refractivity contribution in [2.24, 2.45) is 0 Å². The number of rotatable bonds is 5. The van der Waals surface area contributed by atoms with Crippen LogP contribution in [0, 0.1) is 0 Å². The second kappa shape index (κ2) is 12.4. The average Bonchev–Trinajstić information content (AvgIpc) is 3.74. The van der Waals surface area contributed by atoms with Gasteiger partial charge >= 0.3 is 0 Å². The molecule has 10 aromatic rings. The van der Waals surface area contributed by atoms with Gasteiger partial charge in [-0.15, -0.1) is 0 Å². The van der Waals surface area contributed by atoms with E-state index in [-0.39, 0.29) is 0 Å². The summed E-state index contributed by atoms with van der Waals surface area (Å²) in [5, 5.41) is 5.14. The van der Waals surface area contributed by atoms with Crippen LogP contribution >= 0.6 is 0 Å². The van der Waals surface area contributed by atoms with Crippen molar-refractivity contribution in [2.75, 3.05) is 0 Å². The lowest BCUT2D eigenvalue weighted by Crippen LogP contribution is -2.35. The van der Waals surface area contributed by atoms with Gasteiger partial charge in [0.2, 0.25) is 0 Å². The van der Waals surface area contributed by atoms with Crippen molar-refractivity contribution in [1.82, 2.24) is 9.13 Å². The van der Waals surface area contributed by atoms with Crippen LogP contribution in [0.3, 0.4) is 0 Å². The highest BCUT2D eigenvalue weighted by molar-refractivity contribution is 6.60. The molecule has 0 unspecified atom stereocenters. The quantitative estimate of drug-likeness (QED) is 0.166. The maximum absolute atomic E-state index is 2.51. The third kappa shape index (κ3) is 4.77. The lowest BCUT2D eigenvalue weighted by molar-refractivity contribution is 1.18. The van der Waals surface area contributed by atoms with E-state index in [1.807, 2.05) is 0 Å². The van der Waals surface area contributed by atoms with Crippen LogP contribution in [0.2, 0.25) is 0 Å². The molecule has 10 rings (SSSR count). The molecular formula is C48H35B3N2. The second-order valence-corrected chi connectivity index (χ2v) is 14.2.